The maximum absolute atomic E-state index is 11.8. The number of piperidine rings is 2. The van der Waals surface area contributed by atoms with Gasteiger partial charge in [-0.25, -0.2) is 0 Å². The molecule has 1 spiro atoms. The Labute approximate surface area is 117 Å². The first-order valence-corrected chi connectivity index (χ1v) is 7.65. The summed E-state index contributed by atoms with van der Waals surface area (Å²) < 4.78 is 0. The van der Waals surface area contributed by atoms with E-state index in [1.807, 2.05) is 4.90 Å². The molecule has 0 aromatic rings. The predicted molar refractivity (Wildman–Crippen MR) is 77.7 cm³/mol. The van der Waals surface area contributed by atoms with Crippen LogP contribution in [0.5, 0.6) is 0 Å². The SMILES string of the molecule is CCC#CCN1CCC[C@@]2(CCC(=O)N(CC)C2)C1. The monoisotopic (exact) mass is 262 g/mol. The van der Waals surface area contributed by atoms with E-state index >= 15 is 0 Å². The normalized spacial score (nSPS) is 28.3. The lowest BCUT2D eigenvalue weighted by molar-refractivity contribution is -0.138. The van der Waals surface area contributed by atoms with Crippen molar-refractivity contribution < 1.29 is 4.79 Å². The molecule has 2 aliphatic rings. The van der Waals surface area contributed by atoms with Crippen LogP contribution >= 0.6 is 0 Å². The fourth-order valence-corrected chi connectivity index (χ4v) is 3.46. The zero-order valence-corrected chi connectivity index (χ0v) is 12.4. The number of rotatable bonds is 2. The Bertz CT molecular complexity index is 382. The van der Waals surface area contributed by atoms with E-state index in [4.69, 9.17) is 0 Å². The van der Waals surface area contributed by atoms with Crippen LogP contribution in [-0.4, -0.2) is 48.4 Å². The second kappa shape index (κ2) is 6.43. The van der Waals surface area contributed by atoms with Crippen molar-refractivity contribution in [1.82, 2.24) is 9.80 Å². The Balaban J connectivity index is 1.97. The zero-order chi connectivity index (χ0) is 13.7. The number of amides is 1. The van der Waals surface area contributed by atoms with Crippen LogP contribution in [0.4, 0.5) is 0 Å². The van der Waals surface area contributed by atoms with Crippen LogP contribution in [0.25, 0.3) is 0 Å². The second-order valence-electron chi connectivity index (χ2n) is 5.93. The van der Waals surface area contributed by atoms with E-state index in [-0.39, 0.29) is 0 Å². The molecule has 0 radical (unpaired) electrons. The highest BCUT2D eigenvalue weighted by Crippen LogP contribution is 2.38. The average Bonchev–Trinajstić information content (AvgIpc) is 2.43. The van der Waals surface area contributed by atoms with E-state index in [2.05, 4.69) is 30.6 Å². The Morgan fingerprint density at radius 2 is 2.05 bits per heavy atom. The quantitative estimate of drug-likeness (QED) is 0.712. The smallest absolute Gasteiger partial charge is 0.222 e. The summed E-state index contributed by atoms with van der Waals surface area (Å²) in [7, 11) is 0. The molecule has 2 rings (SSSR count). The van der Waals surface area contributed by atoms with Crippen molar-refractivity contribution in [2.24, 2.45) is 5.41 Å². The molecule has 2 fully saturated rings. The van der Waals surface area contributed by atoms with Gasteiger partial charge in [0.2, 0.25) is 5.91 Å². The van der Waals surface area contributed by atoms with Crippen LogP contribution in [0.1, 0.15) is 46.0 Å². The van der Waals surface area contributed by atoms with E-state index in [0.29, 0.717) is 11.3 Å². The summed E-state index contributed by atoms with van der Waals surface area (Å²) in [6.07, 6.45) is 5.27. The topological polar surface area (TPSA) is 23.6 Å². The standard InChI is InChI=1S/C16H26N2O/c1-3-5-6-11-17-12-7-9-16(13-17)10-8-15(19)18(4-2)14-16/h3-4,7-14H2,1-2H3/t16-/m1/s1. The highest BCUT2D eigenvalue weighted by atomic mass is 16.2. The summed E-state index contributed by atoms with van der Waals surface area (Å²) in [5, 5.41) is 0. The van der Waals surface area contributed by atoms with Crippen LogP contribution in [0.2, 0.25) is 0 Å². The van der Waals surface area contributed by atoms with Crippen LogP contribution in [0, 0.1) is 17.3 Å². The Morgan fingerprint density at radius 1 is 1.21 bits per heavy atom. The molecule has 0 saturated carbocycles. The summed E-state index contributed by atoms with van der Waals surface area (Å²) in [4.78, 5) is 16.4. The molecule has 106 valence electrons. The summed E-state index contributed by atoms with van der Waals surface area (Å²) in [5.74, 6) is 6.76. The first-order chi connectivity index (χ1) is 9.19. The van der Waals surface area contributed by atoms with Crippen molar-refractivity contribution in [3.8, 4) is 11.8 Å². The summed E-state index contributed by atoms with van der Waals surface area (Å²) in [6.45, 7) is 9.18. The van der Waals surface area contributed by atoms with Crippen LogP contribution < -0.4 is 0 Å². The summed E-state index contributed by atoms with van der Waals surface area (Å²) >= 11 is 0. The molecule has 19 heavy (non-hydrogen) atoms. The molecule has 0 aliphatic carbocycles. The third kappa shape index (κ3) is 3.51. The van der Waals surface area contributed by atoms with Gasteiger partial charge in [-0.2, -0.15) is 0 Å². The maximum Gasteiger partial charge on any atom is 0.222 e. The summed E-state index contributed by atoms with van der Waals surface area (Å²) in [5.41, 5.74) is 0.343. The molecule has 0 N–H and O–H groups in total. The number of nitrogens with zero attached hydrogens (tertiary/aromatic N) is 2. The van der Waals surface area contributed by atoms with Gasteiger partial charge in [-0.3, -0.25) is 9.69 Å². The molecule has 0 bridgehead atoms. The number of hydrogen-bond acceptors (Lipinski definition) is 2. The van der Waals surface area contributed by atoms with E-state index in [1.54, 1.807) is 0 Å². The minimum atomic E-state index is 0.343. The van der Waals surface area contributed by atoms with Crippen molar-refractivity contribution in [1.29, 1.82) is 0 Å². The summed E-state index contributed by atoms with van der Waals surface area (Å²) in [6, 6.07) is 0. The van der Waals surface area contributed by atoms with Crippen molar-refractivity contribution in [3.05, 3.63) is 0 Å². The molecule has 3 heteroatoms. The fourth-order valence-electron chi connectivity index (χ4n) is 3.46. The van der Waals surface area contributed by atoms with Gasteiger partial charge in [-0.05, 0) is 32.7 Å². The molecule has 0 unspecified atom stereocenters. The van der Waals surface area contributed by atoms with Crippen molar-refractivity contribution in [3.63, 3.8) is 0 Å². The molecule has 2 aliphatic heterocycles. The first kappa shape index (κ1) is 14.4. The van der Waals surface area contributed by atoms with Gasteiger partial charge in [0, 0.05) is 37.9 Å². The zero-order valence-electron chi connectivity index (χ0n) is 12.4. The highest BCUT2D eigenvalue weighted by molar-refractivity contribution is 5.77. The van der Waals surface area contributed by atoms with Gasteiger partial charge in [0.1, 0.15) is 0 Å². The largest absolute Gasteiger partial charge is 0.342 e. The molecular formula is C16H26N2O. The van der Waals surface area contributed by atoms with E-state index < -0.39 is 0 Å². The van der Waals surface area contributed by atoms with Crippen LogP contribution in [0.15, 0.2) is 0 Å². The number of hydrogen-bond donors (Lipinski definition) is 0. The Hall–Kier alpha value is -1.01. The lowest BCUT2D eigenvalue weighted by Crippen LogP contribution is -2.53. The molecular weight excluding hydrogens is 236 g/mol. The minimum Gasteiger partial charge on any atom is -0.342 e. The van der Waals surface area contributed by atoms with Crippen molar-refractivity contribution >= 4 is 5.91 Å². The van der Waals surface area contributed by atoms with Crippen molar-refractivity contribution in [2.75, 3.05) is 32.7 Å². The fraction of sp³-hybridized carbons (Fsp3) is 0.812. The van der Waals surface area contributed by atoms with Crippen molar-refractivity contribution in [2.45, 2.75) is 46.0 Å². The number of likely N-dealkylation sites (tertiary alicyclic amines) is 2. The number of carbonyl (C=O) groups excluding carboxylic acids is 1. The average molecular weight is 262 g/mol. The molecule has 1 amide bonds. The van der Waals surface area contributed by atoms with Gasteiger partial charge in [-0.15, -0.1) is 5.92 Å². The predicted octanol–water partition coefficient (Wildman–Crippen LogP) is 2.12. The van der Waals surface area contributed by atoms with Gasteiger partial charge in [0.25, 0.3) is 0 Å². The van der Waals surface area contributed by atoms with Crippen LogP contribution in [0.3, 0.4) is 0 Å². The molecule has 2 heterocycles. The molecule has 3 nitrogen and oxygen atoms in total. The van der Waals surface area contributed by atoms with Gasteiger partial charge >= 0.3 is 0 Å². The van der Waals surface area contributed by atoms with E-state index in [9.17, 15) is 4.79 Å². The molecule has 0 aromatic carbocycles. The van der Waals surface area contributed by atoms with Gasteiger partial charge in [-0.1, -0.05) is 12.8 Å². The van der Waals surface area contributed by atoms with Gasteiger partial charge in [0.15, 0.2) is 0 Å². The molecule has 1 atom stereocenters. The molecule has 2 saturated heterocycles. The third-order valence-electron chi connectivity index (χ3n) is 4.47. The highest BCUT2D eigenvalue weighted by Gasteiger charge is 2.40. The van der Waals surface area contributed by atoms with Gasteiger partial charge < -0.3 is 4.90 Å². The second-order valence-corrected chi connectivity index (χ2v) is 5.93. The first-order valence-electron chi connectivity index (χ1n) is 7.65. The lowest BCUT2D eigenvalue weighted by atomic mass is 9.73. The Kier molecular flexibility index (Phi) is 4.87. The third-order valence-corrected chi connectivity index (χ3v) is 4.47. The van der Waals surface area contributed by atoms with E-state index in [0.717, 1.165) is 45.4 Å². The lowest BCUT2D eigenvalue weighted by Gasteiger charge is -2.47. The molecule has 0 aromatic heterocycles. The maximum atomic E-state index is 11.8. The Morgan fingerprint density at radius 3 is 2.79 bits per heavy atom. The van der Waals surface area contributed by atoms with Crippen LogP contribution in [-0.2, 0) is 4.79 Å². The van der Waals surface area contributed by atoms with E-state index in [1.165, 1.54) is 19.4 Å². The minimum absolute atomic E-state index is 0.343. The van der Waals surface area contributed by atoms with Gasteiger partial charge in [0.05, 0.1) is 6.54 Å². The number of carbonyl (C=O) groups is 1.